The third-order valence-corrected chi connectivity index (χ3v) is 0.454. The van der Waals surface area contributed by atoms with E-state index in [9.17, 15) is 16.8 Å². The molecule has 6 heteroatoms. The van der Waals surface area contributed by atoms with Crippen molar-refractivity contribution in [1.82, 2.24) is 0 Å². The van der Waals surface area contributed by atoms with E-state index in [1.807, 2.05) is 0 Å². The Balaban J connectivity index is 4.21. The van der Waals surface area contributed by atoms with E-state index in [0.717, 1.165) is 0 Å². The van der Waals surface area contributed by atoms with E-state index < -0.39 is 7.85 Å². The first-order valence-corrected chi connectivity index (χ1v) is 2.92. The molecule has 42 valence electrons. The van der Waals surface area contributed by atoms with Crippen molar-refractivity contribution in [2.24, 2.45) is 0 Å². The Bertz CT molecular complexity index is 107. The van der Waals surface area contributed by atoms with Crippen LogP contribution in [0.1, 0.15) is 0 Å². The Morgan fingerprint density at radius 1 is 1.14 bits per heavy atom. The van der Waals surface area contributed by atoms with Crippen molar-refractivity contribution < 1.29 is 16.8 Å². The van der Waals surface area contributed by atoms with Gasteiger partial charge >= 0.3 is 35.7 Å². The van der Waals surface area contributed by atoms with Gasteiger partial charge in [-0.25, -0.2) is 0 Å². The van der Waals surface area contributed by atoms with Crippen molar-refractivity contribution in [2.45, 2.75) is 0 Å². The summed E-state index contributed by atoms with van der Waals surface area (Å²) in [7, 11) is -7.77. The van der Waals surface area contributed by atoms with Gasteiger partial charge in [-0.3, -0.25) is 0 Å². The van der Waals surface area contributed by atoms with E-state index in [-0.39, 0.29) is 5.81 Å². The topological polar surface area (TPSA) is 23.8 Å². The van der Waals surface area contributed by atoms with Gasteiger partial charge in [-0.05, 0) is 0 Å². The van der Waals surface area contributed by atoms with Gasteiger partial charge in [0.05, 0.1) is 0 Å². The van der Waals surface area contributed by atoms with Gasteiger partial charge in [-0.15, -0.1) is 0 Å². The number of hydrogen-bond acceptors (Lipinski definition) is 1. The van der Waals surface area contributed by atoms with Crippen LogP contribution in [0.5, 0.6) is 0 Å². The van der Waals surface area contributed by atoms with Crippen LogP contribution in [-0.4, -0.2) is 0 Å². The fourth-order valence-corrected chi connectivity index (χ4v) is 0. The molecule has 0 amide bonds. The second-order valence-electron chi connectivity index (χ2n) is 0.821. The minimum absolute atomic E-state index is 0.356. The summed E-state index contributed by atoms with van der Waals surface area (Å²) in [6.07, 6.45) is 0. The molecule has 0 aliphatic rings. The monoisotopic (exact) mass is 133 g/mol. The van der Waals surface area contributed by atoms with Gasteiger partial charge in [0.2, 0.25) is 0 Å². The Morgan fingerprint density at radius 2 is 1.29 bits per heavy atom. The second kappa shape index (κ2) is 1.07. The summed E-state index contributed by atoms with van der Waals surface area (Å²) in [5.41, 5.74) is 0. The normalized spacial score (nSPS) is 16.7. The molecule has 0 rings (SSSR count). The van der Waals surface area contributed by atoms with Crippen molar-refractivity contribution in [3.63, 3.8) is 0 Å². The fourth-order valence-electron chi connectivity index (χ4n) is 0. The fraction of sp³-hybridized carbons (Fsp3) is 0. The zero-order valence-corrected chi connectivity index (χ0v) is 3.80. The third kappa shape index (κ3) is 5.64. The molecule has 0 aliphatic carbocycles. The molecule has 0 fully saturated rings. The molecule has 0 saturated carbocycles. The van der Waals surface area contributed by atoms with Crippen LogP contribution in [0.3, 0.4) is 0 Å². The van der Waals surface area contributed by atoms with Crippen molar-refractivity contribution in [3.05, 3.63) is 0 Å². The molecule has 0 spiro atoms. The Hall–Kier alpha value is -0.360. The van der Waals surface area contributed by atoms with Crippen LogP contribution in [0, 0.1) is 11.1 Å². The van der Waals surface area contributed by atoms with Crippen LogP contribution in [0.2, 0.25) is 0 Å². The van der Waals surface area contributed by atoms with E-state index in [4.69, 9.17) is 5.26 Å². The molecule has 0 aromatic rings. The van der Waals surface area contributed by atoms with Gasteiger partial charge in [-0.2, -0.15) is 0 Å². The maximum absolute atomic E-state index is 10.6. The van der Waals surface area contributed by atoms with E-state index in [2.05, 4.69) is 0 Å². The van der Waals surface area contributed by atoms with Crippen LogP contribution >= 0.6 is 7.85 Å². The molecule has 0 atom stereocenters. The van der Waals surface area contributed by atoms with Gasteiger partial charge in [0.25, 0.3) is 0 Å². The van der Waals surface area contributed by atoms with Gasteiger partial charge < -0.3 is 0 Å². The second-order valence-corrected chi connectivity index (χ2v) is 2.46. The van der Waals surface area contributed by atoms with Crippen LogP contribution in [-0.2, 0) is 0 Å². The number of nitriles is 1. The Kier molecular flexibility index (Phi) is 1.02. The molecule has 7 heavy (non-hydrogen) atoms. The summed E-state index contributed by atoms with van der Waals surface area (Å²) in [6, 6.07) is 0. The molecule has 1 nitrogen and oxygen atoms in total. The van der Waals surface area contributed by atoms with E-state index in [0.29, 0.717) is 0 Å². The first-order valence-electron chi connectivity index (χ1n) is 1.12. The van der Waals surface area contributed by atoms with Gasteiger partial charge in [0.1, 0.15) is 0 Å². The molecule has 0 heterocycles. The quantitative estimate of drug-likeness (QED) is 0.368. The molecule has 0 aromatic carbocycles. The van der Waals surface area contributed by atoms with Crippen LogP contribution < -0.4 is 0 Å². The molecular formula is CF4NP. The Morgan fingerprint density at radius 3 is 1.29 bits per heavy atom. The molecule has 0 aromatic heterocycles. The number of rotatable bonds is 0. The van der Waals surface area contributed by atoms with Crippen molar-refractivity contribution >= 4 is 7.85 Å². The first kappa shape index (κ1) is 6.64. The van der Waals surface area contributed by atoms with Crippen LogP contribution in [0.25, 0.3) is 0 Å². The van der Waals surface area contributed by atoms with Crippen molar-refractivity contribution in [3.8, 4) is 5.81 Å². The van der Waals surface area contributed by atoms with Gasteiger partial charge in [-0.1, -0.05) is 0 Å². The molecule has 0 radical (unpaired) electrons. The standard InChI is InChI=1S/CF4NP/c2-7(3,4,5)1-6. The summed E-state index contributed by atoms with van der Waals surface area (Å²) in [6.45, 7) is 0. The molecule has 0 aliphatic heterocycles. The summed E-state index contributed by atoms with van der Waals surface area (Å²) in [4.78, 5) is 0. The summed E-state index contributed by atoms with van der Waals surface area (Å²) in [5, 5.41) is 6.97. The zero-order chi connectivity index (χ0) is 6.15. The number of hydrogen-bond donors (Lipinski definition) is 0. The van der Waals surface area contributed by atoms with Crippen LogP contribution in [0.15, 0.2) is 0 Å². The Labute approximate surface area is 37.0 Å². The van der Waals surface area contributed by atoms with Crippen LogP contribution in [0.4, 0.5) is 16.8 Å². The summed E-state index contributed by atoms with van der Waals surface area (Å²) >= 11 is 0. The van der Waals surface area contributed by atoms with Crippen molar-refractivity contribution in [1.29, 1.82) is 5.26 Å². The van der Waals surface area contributed by atoms with E-state index >= 15 is 0 Å². The van der Waals surface area contributed by atoms with Crippen molar-refractivity contribution in [2.75, 3.05) is 0 Å². The van der Waals surface area contributed by atoms with E-state index in [1.165, 1.54) is 0 Å². The molecule has 0 saturated heterocycles. The number of halogens is 4. The van der Waals surface area contributed by atoms with E-state index in [1.54, 1.807) is 0 Å². The molecule has 0 unspecified atom stereocenters. The molecule has 0 bridgehead atoms. The maximum atomic E-state index is 10.6. The SMILES string of the molecule is N#CP(F)(F)(F)F. The first-order chi connectivity index (χ1) is 2.81. The molecule has 0 N–H and O–H groups in total. The minimum atomic E-state index is -7.77. The zero-order valence-electron chi connectivity index (χ0n) is 2.91. The summed E-state index contributed by atoms with van der Waals surface area (Å²) in [5.74, 6) is -0.356. The van der Waals surface area contributed by atoms with Gasteiger partial charge in [0, 0.05) is 0 Å². The number of nitrogens with zero attached hydrogens (tertiary/aromatic N) is 1. The third-order valence-electron chi connectivity index (χ3n) is 0.151. The summed E-state index contributed by atoms with van der Waals surface area (Å²) < 4.78 is 42.3. The molecular weight excluding hydrogens is 133 g/mol. The van der Waals surface area contributed by atoms with Gasteiger partial charge in [0.15, 0.2) is 0 Å². The average Bonchev–Trinajstić information content (AvgIpc) is 1.32. The average molecular weight is 133 g/mol. The predicted molar refractivity (Wildman–Crippen MR) is 17.0 cm³/mol. The predicted octanol–water partition coefficient (Wildman–Crippen LogP) is 2.56.